The summed E-state index contributed by atoms with van der Waals surface area (Å²) in [6, 6.07) is 7.60. The van der Waals surface area contributed by atoms with Gasteiger partial charge in [0.2, 0.25) is 0 Å². The standard InChI is InChI=1S/C20H29NO3/c1-21-13-11-15(12-14-21)17-9-5-6-10-18(17)20(24,19(22)23)16-7-3-2-4-8-16/h5-6,9-10,15-16,24H,2-4,7-8,11-14H2,1H3,(H,22,23)/p-1. The largest absolute Gasteiger partial charge is 0.547 e. The molecule has 24 heavy (non-hydrogen) atoms. The lowest BCUT2D eigenvalue weighted by Crippen LogP contribution is -2.52. The second-order valence-electron chi connectivity index (χ2n) is 7.55. The zero-order valence-electron chi connectivity index (χ0n) is 14.5. The number of carboxylic acids is 1. The highest BCUT2D eigenvalue weighted by Crippen LogP contribution is 2.43. The van der Waals surface area contributed by atoms with E-state index >= 15 is 0 Å². The molecule has 0 radical (unpaired) electrons. The number of carbonyl (C=O) groups excluding carboxylic acids is 1. The summed E-state index contributed by atoms with van der Waals surface area (Å²) < 4.78 is 0. The zero-order chi connectivity index (χ0) is 17.2. The lowest BCUT2D eigenvalue weighted by atomic mass is 9.70. The third-order valence-corrected chi connectivity index (χ3v) is 6.04. The number of hydrogen-bond acceptors (Lipinski definition) is 4. The average molecular weight is 330 g/mol. The Kier molecular flexibility index (Phi) is 5.26. The molecule has 2 fully saturated rings. The van der Waals surface area contributed by atoms with Gasteiger partial charge in [0.25, 0.3) is 0 Å². The van der Waals surface area contributed by atoms with Crippen LogP contribution in [0.2, 0.25) is 0 Å². The Morgan fingerprint density at radius 1 is 1.12 bits per heavy atom. The van der Waals surface area contributed by atoms with Crippen LogP contribution in [0.25, 0.3) is 0 Å². The molecule has 2 aliphatic rings. The molecular weight excluding hydrogens is 302 g/mol. The van der Waals surface area contributed by atoms with Gasteiger partial charge < -0.3 is 19.9 Å². The third kappa shape index (κ3) is 3.22. The second-order valence-corrected chi connectivity index (χ2v) is 7.55. The molecule has 1 aliphatic heterocycles. The topological polar surface area (TPSA) is 63.6 Å². The van der Waals surface area contributed by atoms with E-state index in [2.05, 4.69) is 11.9 Å². The Morgan fingerprint density at radius 2 is 1.75 bits per heavy atom. The summed E-state index contributed by atoms with van der Waals surface area (Å²) in [6.45, 7) is 2.01. The highest BCUT2D eigenvalue weighted by atomic mass is 16.4. The van der Waals surface area contributed by atoms with Crippen LogP contribution in [0, 0.1) is 5.92 Å². The van der Waals surface area contributed by atoms with Crippen LogP contribution in [-0.4, -0.2) is 36.1 Å². The molecule has 1 unspecified atom stereocenters. The van der Waals surface area contributed by atoms with E-state index in [9.17, 15) is 15.0 Å². The van der Waals surface area contributed by atoms with E-state index < -0.39 is 11.6 Å². The first-order chi connectivity index (χ1) is 11.5. The van der Waals surface area contributed by atoms with Gasteiger partial charge in [0, 0.05) is 0 Å². The molecular formula is C20H28NO3-. The number of benzene rings is 1. The SMILES string of the molecule is CN1CCC(c2ccccc2C(O)(C(=O)[O-])C2CCCCC2)CC1. The molecule has 0 amide bonds. The van der Waals surface area contributed by atoms with Gasteiger partial charge in [-0.05, 0) is 68.8 Å². The third-order valence-electron chi connectivity index (χ3n) is 6.04. The molecule has 1 aromatic rings. The Balaban J connectivity index is 1.97. The Hall–Kier alpha value is -1.39. The maximum atomic E-state index is 12.0. The fourth-order valence-electron chi connectivity index (χ4n) is 4.54. The summed E-state index contributed by atoms with van der Waals surface area (Å²) in [5, 5.41) is 23.3. The lowest BCUT2D eigenvalue weighted by Gasteiger charge is -2.42. The summed E-state index contributed by atoms with van der Waals surface area (Å²) in [5.41, 5.74) is -0.283. The van der Waals surface area contributed by atoms with E-state index in [0.717, 1.165) is 63.6 Å². The van der Waals surface area contributed by atoms with Gasteiger partial charge in [-0.2, -0.15) is 0 Å². The fraction of sp³-hybridized carbons (Fsp3) is 0.650. The van der Waals surface area contributed by atoms with E-state index in [-0.39, 0.29) is 5.92 Å². The number of likely N-dealkylation sites (tertiary alicyclic amines) is 1. The molecule has 1 heterocycles. The predicted octanol–water partition coefficient (Wildman–Crippen LogP) is 2.01. The molecule has 4 heteroatoms. The van der Waals surface area contributed by atoms with Gasteiger partial charge in [-0.15, -0.1) is 0 Å². The van der Waals surface area contributed by atoms with Crippen molar-refractivity contribution in [1.82, 2.24) is 4.90 Å². The minimum atomic E-state index is -1.86. The minimum absolute atomic E-state index is 0.247. The molecule has 1 aromatic carbocycles. The smallest absolute Gasteiger partial charge is 0.132 e. The Morgan fingerprint density at radius 3 is 2.38 bits per heavy atom. The van der Waals surface area contributed by atoms with Gasteiger partial charge in [0.15, 0.2) is 0 Å². The quantitative estimate of drug-likeness (QED) is 0.917. The van der Waals surface area contributed by atoms with E-state index in [1.54, 1.807) is 6.07 Å². The average Bonchev–Trinajstić information content (AvgIpc) is 2.62. The highest BCUT2D eigenvalue weighted by molar-refractivity contribution is 5.78. The van der Waals surface area contributed by atoms with Crippen molar-refractivity contribution < 1.29 is 15.0 Å². The Bertz CT molecular complexity index is 574. The van der Waals surface area contributed by atoms with Gasteiger partial charge in [0.1, 0.15) is 5.60 Å². The Labute approximate surface area is 144 Å². The van der Waals surface area contributed by atoms with Crippen LogP contribution < -0.4 is 5.11 Å². The van der Waals surface area contributed by atoms with Crippen molar-refractivity contribution in [3.63, 3.8) is 0 Å². The zero-order valence-corrected chi connectivity index (χ0v) is 14.5. The molecule has 0 spiro atoms. The van der Waals surface area contributed by atoms with E-state index in [0.29, 0.717) is 11.5 Å². The van der Waals surface area contributed by atoms with Crippen molar-refractivity contribution in [1.29, 1.82) is 0 Å². The van der Waals surface area contributed by atoms with Crippen molar-refractivity contribution in [2.45, 2.75) is 56.5 Å². The van der Waals surface area contributed by atoms with Crippen LogP contribution in [0.4, 0.5) is 0 Å². The van der Waals surface area contributed by atoms with Crippen LogP contribution in [0.1, 0.15) is 62.0 Å². The molecule has 1 aliphatic carbocycles. The molecule has 0 bridgehead atoms. The second kappa shape index (κ2) is 7.24. The normalized spacial score (nSPS) is 23.8. The van der Waals surface area contributed by atoms with Crippen molar-refractivity contribution in [3.05, 3.63) is 35.4 Å². The summed E-state index contributed by atoms with van der Waals surface area (Å²) in [5.74, 6) is -1.27. The molecule has 1 saturated carbocycles. The number of carboxylic acid groups (broad SMARTS) is 1. The molecule has 0 aromatic heterocycles. The minimum Gasteiger partial charge on any atom is -0.547 e. The first-order valence-corrected chi connectivity index (χ1v) is 9.25. The maximum Gasteiger partial charge on any atom is 0.132 e. The summed E-state index contributed by atoms with van der Waals surface area (Å²) in [7, 11) is 2.11. The molecule has 4 nitrogen and oxygen atoms in total. The highest BCUT2D eigenvalue weighted by Gasteiger charge is 2.42. The molecule has 1 atom stereocenters. The van der Waals surface area contributed by atoms with Gasteiger partial charge >= 0.3 is 0 Å². The van der Waals surface area contributed by atoms with Crippen molar-refractivity contribution in [2.24, 2.45) is 5.92 Å². The molecule has 1 N–H and O–H groups in total. The fourth-order valence-corrected chi connectivity index (χ4v) is 4.54. The number of aliphatic carboxylic acids is 1. The summed E-state index contributed by atoms with van der Waals surface area (Å²) >= 11 is 0. The lowest BCUT2D eigenvalue weighted by molar-refractivity contribution is -0.331. The molecule has 1 saturated heterocycles. The number of hydrogen-bond donors (Lipinski definition) is 1. The number of carbonyl (C=O) groups is 1. The summed E-state index contributed by atoms with van der Waals surface area (Å²) in [4.78, 5) is 14.3. The first-order valence-electron chi connectivity index (χ1n) is 9.25. The number of piperidine rings is 1. The van der Waals surface area contributed by atoms with E-state index in [1.807, 2.05) is 18.2 Å². The van der Waals surface area contributed by atoms with Crippen LogP contribution in [-0.2, 0) is 10.4 Å². The van der Waals surface area contributed by atoms with Crippen LogP contribution in [0.5, 0.6) is 0 Å². The van der Waals surface area contributed by atoms with Crippen LogP contribution in [0.15, 0.2) is 24.3 Å². The predicted molar refractivity (Wildman–Crippen MR) is 91.4 cm³/mol. The molecule has 132 valence electrons. The monoisotopic (exact) mass is 330 g/mol. The van der Waals surface area contributed by atoms with Gasteiger partial charge in [0.05, 0.1) is 5.97 Å². The van der Waals surface area contributed by atoms with Gasteiger partial charge in [-0.3, -0.25) is 0 Å². The molecule has 3 rings (SSSR count). The van der Waals surface area contributed by atoms with Crippen LogP contribution in [0.3, 0.4) is 0 Å². The van der Waals surface area contributed by atoms with Gasteiger partial charge in [-0.25, -0.2) is 0 Å². The first kappa shape index (κ1) is 17.4. The number of rotatable bonds is 4. The number of aliphatic hydroxyl groups is 1. The maximum absolute atomic E-state index is 12.0. The van der Waals surface area contributed by atoms with E-state index in [1.165, 1.54) is 0 Å². The van der Waals surface area contributed by atoms with E-state index in [4.69, 9.17) is 0 Å². The van der Waals surface area contributed by atoms with Gasteiger partial charge in [-0.1, -0.05) is 43.5 Å². The van der Waals surface area contributed by atoms with Crippen molar-refractivity contribution in [2.75, 3.05) is 20.1 Å². The number of nitrogens with zero attached hydrogens (tertiary/aromatic N) is 1. The van der Waals surface area contributed by atoms with Crippen molar-refractivity contribution in [3.8, 4) is 0 Å². The van der Waals surface area contributed by atoms with Crippen LogP contribution >= 0.6 is 0 Å². The van der Waals surface area contributed by atoms with Crippen molar-refractivity contribution >= 4 is 5.97 Å². The summed E-state index contributed by atoms with van der Waals surface area (Å²) in [6.07, 6.45) is 6.60.